The lowest BCUT2D eigenvalue weighted by Crippen LogP contribution is -2.50. The first kappa shape index (κ1) is 14.3. The van der Waals surface area contributed by atoms with Crippen molar-refractivity contribution in [2.45, 2.75) is 50.2 Å². The lowest BCUT2D eigenvalue weighted by molar-refractivity contribution is -0.0609. The van der Waals surface area contributed by atoms with Crippen LogP contribution in [0.2, 0.25) is 0 Å². The van der Waals surface area contributed by atoms with Crippen molar-refractivity contribution < 1.29 is 13.2 Å². The minimum atomic E-state index is -4.38. The van der Waals surface area contributed by atoms with Gasteiger partial charge in [-0.25, -0.2) is 0 Å². The first-order valence-electron chi connectivity index (χ1n) is 8.16. The van der Waals surface area contributed by atoms with Crippen LogP contribution in [0.25, 0.3) is 0 Å². The van der Waals surface area contributed by atoms with E-state index in [4.69, 9.17) is 0 Å². The van der Waals surface area contributed by atoms with Gasteiger partial charge in [0.1, 0.15) is 5.71 Å². The number of halogens is 3. The van der Waals surface area contributed by atoms with Crippen LogP contribution in [-0.4, -0.2) is 17.4 Å². The van der Waals surface area contributed by atoms with Crippen LogP contribution in [0.5, 0.6) is 0 Å². The van der Waals surface area contributed by atoms with E-state index in [1.54, 1.807) is 18.2 Å². The summed E-state index contributed by atoms with van der Waals surface area (Å²) in [6.07, 6.45) is 1.80. The highest BCUT2D eigenvalue weighted by atomic mass is 19.4. The molecule has 22 heavy (non-hydrogen) atoms. The quantitative estimate of drug-likeness (QED) is 0.681. The van der Waals surface area contributed by atoms with Crippen LogP contribution in [0.4, 0.5) is 13.2 Å². The summed E-state index contributed by atoms with van der Waals surface area (Å²) in [5, 5.41) is 0. The molecule has 0 saturated heterocycles. The number of rotatable bonds is 2. The van der Waals surface area contributed by atoms with Gasteiger partial charge in [-0.15, -0.1) is 0 Å². The van der Waals surface area contributed by atoms with Crippen molar-refractivity contribution in [3.63, 3.8) is 0 Å². The van der Waals surface area contributed by atoms with Crippen molar-refractivity contribution >= 4 is 5.71 Å². The van der Waals surface area contributed by atoms with Crippen LogP contribution in [-0.2, 0) is 0 Å². The molecule has 1 nitrogen and oxygen atoms in total. The van der Waals surface area contributed by atoms with Gasteiger partial charge in [0.25, 0.3) is 0 Å². The van der Waals surface area contributed by atoms with E-state index >= 15 is 0 Å². The van der Waals surface area contributed by atoms with E-state index in [-0.39, 0.29) is 5.56 Å². The topological polar surface area (TPSA) is 12.4 Å². The molecule has 0 aliphatic heterocycles. The van der Waals surface area contributed by atoms with Crippen LogP contribution in [0, 0.1) is 17.8 Å². The molecule has 1 aromatic rings. The van der Waals surface area contributed by atoms with Gasteiger partial charge in [-0.2, -0.15) is 13.2 Å². The zero-order valence-corrected chi connectivity index (χ0v) is 12.4. The molecule has 118 valence electrons. The summed E-state index contributed by atoms with van der Waals surface area (Å²) in [6, 6.07) is 8.08. The highest BCUT2D eigenvalue weighted by Gasteiger charge is 2.52. The average Bonchev–Trinajstić information content (AvgIpc) is 2.43. The van der Waals surface area contributed by atoms with Crippen molar-refractivity contribution in [1.82, 2.24) is 0 Å². The van der Waals surface area contributed by atoms with E-state index in [1.165, 1.54) is 31.4 Å². The fourth-order valence-electron chi connectivity index (χ4n) is 5.33. The van der Waals surface area contributed by atoms with Gasteiger partial charge in [0.15, 0.2) is 0 Å². The third kappa shape index (κ3) is 2.46. The Labute approximate surface area is 128 Å². The maximum Gasteiger partial charge on any atom is 0.433 e. The van der Waals surface area contributed by atoms with E-state index in [0.717, 1.165) is 19.3 Å². The molecule has 1 aromatic carbocycles. The Morgan fingerprint density at radius 3 is 1.86 bits per heavy atom. The van der Waals surface area contributed by atoms with E-state index in [1.807, 2.05) is 0 Å². The van der Waals surface area contributed by atoms with Crippen LogP contribution in [0.3, 0.4) is 0 Å². The fraction of sp³-hybridized carbons (Fsp3) is 0.611. The van der Waals surface area contributed by atoms with E-state index in [0.29, 0.717) is 17.8 Å². The molecule has 0 radical (unpaired) electrons. The molecule has 0 aromatic heterocycles. The molecule has 4 bridgehead atoms. The number of nitrogens with zero attached hydrogens (tertiary/aromatic N) is 1. The molecular weight excluding hydrogens is 287 g/mol. The van der Waals surface area contributed by atoms with Gasteiger partial charge in [0.05, 0.1) is 5.54 Å². The summed E-state index contributed by atoms with van der Waals surface area (Å²) in [7, 11) is 0. The lowest BCUT2D eigenvalue weighted by Gasteiger charge is -2.55. The predicted octanol–water partition coefficient (Wildman–Crippen LogP) is 5.01. The average molecular weight is 307 g/mol. The molecule has 0 spiro atoms. The van der Waals surface area contributed by atoms with Gasteiger partial charge in [0.2, 0.25) is 0 Å². The van der Waals surface area contributed by atoms with Gasteiger partial charge in [-0.1, -0.05) is 30.3 Å². The number of benzene rings is 1. The Bertz CT molecular complexity index is 553. The monoisotopic (exact) mass is 307 g/mol. The first-order chi connectivity index (χ1) is 10.4. The third-order valence-corrected chi connectivity index (χ3v) is 5.67. The lowest BCUT2D eigenvalue weighted by atomic mass is 9.53. The molecule has 0 amide bonds. The molecule has 4 fully saturated rings. The smallest absolute Gasteiger partial charge is 0.273 e. The molecule has 0 unspecified atom stereocenters. The summed E-state index contributed by atoms with van der Waals surface area (Å²) in [5.41, 5.74) is -0.920. The Morgan fingerprint density at radius 1 is 0.909 bits per heavy atom. The van der Waals surface area contributed by atoms with Gasteiger partial charge in [-0.3, -0.25) is 4.99 Å². The van der Waals surface area contributed by atoms with Crippen LogP contribution in [0.15, 0.2) is 35.3 Å². The zero-order chi connectivity index (χ0) is 15.4. The minimum absolute atomic E-state index is 0.200. The first-order valence-corrected chi connectivity index (χ1v) is 8.16. The number of hydrogen-bond acceptors (Lipinski definition) is 1. The predicted molar refractivity (Wildman–Crippen MR) is 79.9 cm³/mol. The highest BCUT2D eigenvalue weighted by molar-refractivity contribution is 6.04. The van der Waals surface area contributed by atoms with Crippen molar-refractivity contribution in [2.75, 3.05) is 0 Å². The van der Waals surface area contributed by atoms with Gasteiger partial charge in [-0.05, 0) is 56.3 Å². The molecular formula is C18H20F3N. The molecule has 0 atom stereocenters. The van der Waals surface area contributed by atoms with E-state index in [2.05, 4.69) is 4.99 Å². The summed E-state index contributed by atoms with van der Waals surface area (Å²) in [5.74, 6) is 1.79. The molecule has 4 heteroatoms. The summed E-state index contributed by atoms with van der Waals surface area (Å²) in [6.45, 7) is 0. The van der Waals surface area contributed by atoms with Crippen molar-refractivity contribution in [3.8, 4) is 0 Å². The Kier molecular flexibility index (Phi) is 3.14. The van der Waals surface area contributed by atoms with Gasteiger partial charge in [0, 0.05) is 5.56 Å². The van der Waals surface area contributed by atoms with Crippen LogP contribution >= 0.6 is 0 Å². The second-order valence-electron chi connectivity index (χ2n) is 7.47. The zero-order valence-electron chi connectivity index (χ0n) is 12.4. The van der Waals surface area contributed by atoms with Crippen LogP contribution in [0.1, 0.15) is 44.1 Å². The largest absolute Gasteiger partial charge is 0.433 e. The summed E-state index contributed by atoms with van der Waals surface area (Å²) in [4.78, 5) is 4.40. The van der Waals surface area contributed by atoms with Crippen LogP contribution < -0.4 is 0 Å². The second-order valence-corrected chi connectivity index (χ2v) is 7.47. The van der Waals surface area contributed by atoms with Crippen molar-refractivity contribution in [3.05, 3.63) is 35.9 Å². The Balaban J connectivity index is 1.75. The number of hydrogen-bond donors (Lipinski definition) is 0. The van der Waals surface area contributed by atoms with Gasteiger partial charge < -0.3 is 0 Å². The highest BCUT2D eigenvalue weighted by Crippen LogP contribution is 2.57. The minimum Gasteiger partial charge on any atom is -0.273 e. The number of alkyl halides is 3. The maximum absolute atomic E-state index is 13.6. The molecule has 4 aliphatic rings. The summed E-state index contributed by atoms with van der Waals surface area (Å²) < 4.78 is 40.7. The third-order valence-electron chi connectivity index (χ3n) is 5.67. The molecule has 5 rings (SSSR count). The molecule has 4 aliphatic carbocycles. The summed E-state index contributed by atoms with van der Waals surface area (Å²) >= 11 is 0. The molecule has 0 N–H and O–H groups in total. The van der Waals surface area contributed by atoms with Gasteiger partial charge >= 0.3 is 6.18 Å². The van der Waals surface area contributed by atoms with Crippen molar-refractivity contribution in [1.29, 1.82) is 0 Å². The molecule has 4 saturated carbocycles. The standard InChI is InChI=1S/C18H20F3N/c19-18(20,21)16(15-4-2-1-3-5-15)22-17-9-12-6-13(10-17)8-14(7-12)11-17/h1-5,12-14H,6-11H2. The Hall–Kier alpha value is -1.32. The number of aliphatic imine (C=N–C) groups is 1. The fourth-order valence-corrected chi connectivity index (χ4v) is 5.33. The van der Waals surface area contributed by atoms with E-state index in [9.17, 15) is 13.2 Å². The van der Waals surface area contributed by atoms with Crippen molar-refractivity contribution in [2.24, 2.45) is 22.7 Å². The second kappa shape index (κ2) is 4.84. The Morgan fingerprint density at radius 2 is 1.41 bits per heavy atom. The molecule has 0 heterocycles. The van der Waals surface area contributed by atoms with E-state index < -0.39 is 17.4 Å². The maximum atomic E-state index is 13.6. The normalized spacial score (nSPS) is 37.6. The SMILES string of the molecule is FC(F)(F)C(=NC12CC3CC(CC(C3)C1)C2)c1ccccc1.